The first-order valence-electron chi connectivity index (χ1n) is 3.69. The highest BCUT2D eigenvalue weighted by Gasteiger charge is 2.17. The van der Waals surface area contributed by atoms with E-state index >= 15 is 0 Å². The van der Waals surface area contributed by atoms with E-state index in [1.54, 1.807) is 0 Å². The van der Waals surface area contributed by atoms with Crippen molar-refractivity contribution in [3.8, 4) is 0 Å². The van der Waals surface area contributed by atoms with Gasteiger partial charge in [-0.3, -0.25) is 0 Å². The molecule has 4 nitrogen and oxygen atoms in total. The molecule has 0 spiro atoms. The second kappa shape index (κ2) is 5.01. The molecule has 0 aliphatic heterocycles. The molecule has 0 aromatic heterocycles. The Labute approximate surface area is 79.1 Å². The Kier molecular flexibility index (Phi) is 5.08. The van der Waals surface area contributed by atoms with Gasteiger partial charge >= 0.3 is 0 Å². The molecular formula is C6H15ClN2O2S. The smallest absolute Gasteiger partial charge is 0.198 e. The quantitative estimate of drug-likeness (QED) is 0.674. The highest BCUT2D eigenvalue weighted by atomic mass is 35.5. The highest BCUT2D eigenvalue weighted by Crippen LogP contribution is 1.98. The zero-order chi connectivity index (χ0) is 9.78. The summed E-state index contributed by atoms with van der Waals surface area (Å²) >= 11 is 5.53. The van der Waals surface area contributed by atoms with Gasteiger partial charge in [-0.25, -0.2) is 0 Å². The van der Waals surface area contributed by atoms with Crippen molar-refractivity contribution < 1.29 is 8.42 Å². The van der Waals surface area contributed by atoms with Crippen molar-refractivity contribution in [2.45, 2.75) is 19.4 Å². The second-order valence-corrected chi connectivity index (χ2v) is 4.89. The van der Waals surface area contributed by atoms with Gasteiger partial charge < -0.3 is 0 Å². The maximum atomic E-state index is 11.2. The molecular weight excluding hydrogens is 200 g/mol. The molecule has 0 saturated heterocycles. The predicted octanol–water partition coefficient (Wildman–Crippen LogP) is 0.400. The van der Waals surface area contributed by atoms with Crippen molar-refractivity contribution in [2.24, 2.45) is 0 Å². The van der Waals surface area contributed by atoms with Gasteiger partial charge in [0.1, 0.15) is 0 Å². The van der Waals surface area contributed by atoms with Gasteiger partial charge in [0, 0.05) is 26.0 Å². The van der Waals surface area contributed by atoms with Crippen molar-refractivity contribution in [2.75, 3.05) is 20.0 Å². The van der Waals surface area contributed by atoms with Crippen LogP contribution in [0, 0.1) is 0 Å². The minimum atomic E-state index is -3.32. The molecule has 1 atom stereocenters. The molecule has 0 aliphatic carbocycles. The minimum Gasteiger partial charge on any atom is -0.198 e. The molecule has 0 rings (SSSR count). The molecule has 0 aromatic rings. The first-order chi connectivity index (χ1) is 5.44. The number of alkyl halides is 1. The zero-order valence-corrected chi connectivity index (χ0v) is 9.11. The lowest BCUT2D eigenvalue weighted by Gasteiger charge is -2.17. The molecule has 74 valence electrons. The van der Waals surface area contributed by atoms with Gasteiger partial charge in [-0.1, -0.05) is 6.92 Å². The molecule has 1 N–H and O–H groups in total. The maximum absolute atomic E-state index is 11.2. The Morgan fingerprint density at radius 2 is 2.00 bits per heavy atom. The van der Waals surface area contributed by atoms with Crippen LogP contribution in [-0.4, -0.2) is 38.7 Å². The van der Waals surface area contributed by atoms with Gasteiger partial charge in [0.25, 0.3) is 10.2 Å². The lowest BCUT2D eigenvalue weighted by molar-refractivity contribution is 0.489. The van der Waals surface area contributed by atoms with E-state index in [4.69, 9.17) is 11.6 Å². The van der Waals surface area contributed by atoms with Crippen molar-refractivity contribution in [3.63, 3.8) is 0 Å². The van der Waals surface area contributed by atoms with Gasteiger partial charge in [0.05, 0.1) is 0 Å². The first kappa shape index (κ1) is 12.2. The monoisotopic (exact) mass is 214 g/mol. The zero-order valence-electron chi connectivity index (χ0n) is 7.54. The number of hydrogen-bond donors (Lipinski definition) is 1. The summed E-state index contributed by atoms with van der Waals surface area (Å²) in [4.78, 5) is 0. The molecule has 0 heterocycles. The Morgan fingerprint density at radius 1 is 1.50 bits per heavy atom. The Hall–Kier alpha value is 0.160. The van der Waals surface area contributed by atoms with E-state index in [1.165, 1.54) is 14.1 Å². The van der Waals surface area contributed by atoms with E-state index in [0.717, 1.165) is 4.31 Å². The van der Waals surface area contributed by atoms with Crippen LogP contribution in [0.4, 0.5) is 0 Å². The van der Waals surface area contributed by atoms with E-state index < -0.39 is 10.2 Å². The van der Waals surface area contributed by atoms with Crippen LogP contribution in [0.3, 0.4) is 0 Å². The standard InChI is InChI=1S/C6H15ClN2O2S/c1-4-6(5-7)8-12(10,11)9(2)3/h6,8H,4-5H2,1-3H3. The third kappa shape index (κ3) is 3.71. The Morgan fingerprint density at radius 3 is 2.25 bits per heavy atom. The fraction of sp³-hybridized carbons (Fsp3) is 1.00. The SMILES string of the molecule is CCC(CCl)NS(=O)(=O)N(C)C. The van der Waals surface area contributed by atoms with Gasteiger partial charge in [0.2, 0.25) is 0 Å². The van der Waals surface area contributed by atoms with Crippen molar-refractivity contribution in [1.29, 1.82) is 0 Å². The van der Waals surface area contributed by atoms with Crippen LogP contribution in [0.25, 0.3) is 0 Å². The summed E-state index contributed by atoms with van der Waals surface area (Å²) in [5.41, 5.74) is 0. The molecule has 0 amide bonds. The third-order valence-corrected chi connectivity index (χ3v) is 3.44. The van der Waals surface area contributed by atoms with Gasteiger partial charge in [-0.05, 0) is 6.42 Å². The fourth-order valence-electron chi connectivity index (χ4n) is 0.540. The summed E-state index contributed by atoms with van der Waals surface area (Å²) in [6.45, 7) is 1.88. The number of rotatable bonds is 5. The first-order valence-corrected chi connectivity index (χ1v) is 5.67. The summed E-state index contributed by atoms with van der Waals surface area (Å²) in [6.07, 6.45) is 0.691. The molecule has 0 radical (unpaired) electrons. The Bertz CT molecular complexity index is 212. The maximum Gasteiger partial charge on any atom is 0.279 e. The normalized spacial score (nSPS) is 15.1. The molecule has 0 saturated carbocycles. The van der Waals surface area contributed by atoms with Gasteiger partial charge in [0.15, 0.2) is 0 Å². The number of nitrogens with zero attached hydrogens (tertiary/aromatic N) is 1. The van der Waals surface area contributed by atoms with Gasteiger partial charge in [-0.15, -0.1) is 11.6 Å². The van der Waals surface area contributed by atoms with E-state index in [1.807, 2.05) is 6.92 Å². The van der Waals surface area contributed by atoms with Crippen LogP contribution in [0.15, 0.2) is 0 Å². The lowest BCUT2D eigenvalue weighted by atomic mass is 10.3. The van der Waals surface area contributed by atoms with Crippen LogP contribution in [-0.2, 0) is 10.2 Å². The van der Waals surface area contributed by atoms with Crippen LogP contribution in [0.5, 0.6) is 0 Å². The third-order valence-electron chi connectivity index (χ3n) is 1.48. The molecule has 12 heavy (non-hydrogen) atoms. The number of nitrogens with one attached hydrogen (secondary N) is 1. The molecule has 0 aliphatic rings. The minimum absolute atomic E-state index is 0.181. The number of hydrogen-bond acceptors (Lipinski definition) is 2. The molecule has 0 fully saturated rings. The molecule has 6 heteroatoms. The average Bonchev–Trinajstić information content (AvgIpc) is 2.00. The average molecular weight is 215 g/mol. The highest BCUT2D eigenvalue weighted by molar-refractivity contribution is 7.87. The number of halogens is 1. The van der Waals surface area contributed by atoms with Gasteiger partial charge in [-0.2, -0.15) is 17.4 Å². The molecule has 0 bridgehead atoms. The van der Waals surface area contributed by atoms with Crippen molar-refractivity contribution in [3.05, 3.63) is 0 Å². The molecule has 1 unspecified atom stereocenters. The second-order valence-electron chi connectivity index (χ2n) is 2.66. The van der Waals surface area contributed by atoms with Crippen LogP contribution < -0.4 is 4.72 Å². The van der Waals surface area contributed by atoms with Crippen molar-refractivity contribution in [1.82, 2.24) is 9.03 Å². The summed E-state index contributed by atoms with van der Waals surface area (Å²) in [5, 5.41) is 0. The summed E-state index contributed by atoms with van der Waals surface area (Å²) < 4.78 is 26.0. The van der Waals surface area contributed by atoms with Crippen molar-refractivity contribution >= 4 is 21.8 Å². The van der Waals surface area contributed by atoms with E-state index in [9.17, 15) is 8.42 Å². The predicted molar refractivity (Wildman–Crippen MR) is 50.5 cm³/mol. The molecule has 0 aromatic carbocycles. The van der Waals surface area contributed by atoms with Crippen LogP contribution >= 0.6 is 11.6 Å². The van der Waals surface area contributed by atoms with E-state index in [-0.39, 0.29) is 6.04 Å². The summed E-state index contributed by atoms with van der Waals surface area (Å²) in [6, 6.07) is -0.181. The van der Waals surface area contributed by atoms with E-state index in [2.05, 4.69) is 4.72 Å². The topological polar surface area (TPSA) is 49.4 Å². The Balaban J connectivity index is 4.23. The van der Waals surface area contributed by atoms with Crippen LogP contribution in [0.2, 0.25) is 0 Å². The van der Waals surface area contributed by atoms with Crippen LogP contribution in [0.1, 0.15) is 13.3 Å². The fourth-order valence-corrected chi connectivity index (χ4v) is 1.81. The summed E-state index contributed by atoms with van der Waals surface area (Å²) in [5.74, 6) is 0.295. The lowest BCUT2D eigenvalue weighted by Crippen LogP contribution is -2.42. The van der Waals surface area contributed by atoms with E-state index in [0.29, 0.717) is 12.3 Å². The summed E-state index contributed by atoms with van der Waals surface area (Å²) in [7, 11) is -0.372. The largest absolute Gasteiger partial charge is 0.279 e.